The second-order valence-electron chi connectivity index (χ2n) is 7.77. The van der Waals surface area contributed by atoms with Gasteiger partial charge in [-0.2, -0.15) is 5.10 Å². The van der Waals surface area contributed by atoms with Crippen molar-refractivity contribution in [2.24, 2.45) is 10.9 Å². The Kier molecular flexibility index (Phi) is 7.40. The molecule has 0 saturated heterocycles. The second kappa shape index (κ2) is 10.2. The third-order valence-electron chi connectivity index (χ3n) is 5.38. The van der Waals surface area contributed by atoms with E-state index in [4.69, 9.17) is 0 Å². The number of hydrogen-bond acceptors (Lipinski definition) is 5. The number of carbonyl (C=O) groups is 1. The SMILES string of the molecule is CCCn1c(=O)n(-c2cnn(CC(C(C)=O)C(C)=NCC)c2)c(=O)n1Cc1ccccc1. The van der Waals surface area contributed by atoms with E-state index in [1.165, 1.54) is 22.5 Å². The molecular formula is C23H30N6O3. The summed E-state index contributed by atoms with van der Waals surface area (Å²) in [5.41, 5.74) is 1.23. The molecule has 2 heterocycles. The van der Waals surface area contributed by atoms with E-state index in [-0.39, 0.29) is 5.78 Å². The summed E-state index contributed by atoms with van der Waals surface area (Å²) in [6, 6.07) is 9.55. The van der Waals surface area contributed by atoms with Gasteiger partial charge in [-0.15, -0.1) is 0 Å². The molecule has 32 heavy (non-hydrogen) atoms. The highest BCUT2D eigenvalue weighted by atomic mass is 16.2. The third-order valence-corrected chi connectivity index (χ3v) is 5.38. The number of aromatic nitrogens is 5. The van der Waals surface area contributed by atoms with Gasteiger partial charge in [-0.05, 0) is 32.8 Å². The van der Waals surface area contributed by atoms with Crippen molar-refractivity contribution in [1.29, 1.82) is 0 Å². The Labute approximate surface area is 186 Å². The minimum absolute atomic E-state index is 0.00627. The average molecular weight is 439 g/mol. The Balaban J connectivity index is 1.98. The Morgan fingerprint density at radius 2 is 1.75 bits per heavy atom. The van der Waals surface area contributed by atoms with Gasteiger partial charge in [0.1, 0.15) is 5.78 Å². The topological polar surface area (TPSA) is 96.2 Å². The van der Waals surface area contributed by atoms with Crippen LogP contribution in [0, 0.1) is 5.92 Å². The summed E-state index contributed by atoms with van der Waals surface area (Å²) in [5.74, 6) is -0.410. The minimum Gasteiger partial charge on any atom is -0.299 e. The number of benzene rings is 1. The van der Waals surface area contributed by atoms with Gasteiger partial charge in [-0.25, -0.2) is 23.5 Å². The smallest absolute Gasteiger partial charge is 0.299 e. The molecule has 0 amide bonds. The first-order chi connectivity index (χ1) is 15.4. The molecule has 0 spiro atoms. The van der Waals surface area contributed by atoms with Gasteiger partial charge >= 0.3 is 11.4 Å². The Morgan fingerprint density at radius 3 is 2.38 bits per heavy atom. The van der Waals surface area contributed by atoms with Gasteiger partial charge in [-0.1, -0.05) is 37.3 Å². The van der Waals surface area contributed by atoms with Crippen LogP contribution >= 0.6 is 0 Å². The lowest BCUT2D eigenvalue weighted by Gasteiger charge is -2.13. The zero-order valence-corrected chi connectivity index (χ0v) is 19.1. The molecule has 0 radical (unpaired) electrons. The van der Waals surface area contributed by atoms with Crippen molar-refractivity contribution in [2.45, 2.75) is 53.8 Å². The van der Waals surface area contributed by atoms with E-state index in [9.17, 15) is 14.4 Å². The van der Waals surface area contributed by atoms with Crippen molar-refractivity contribution in [3.8, 4) is 5.69 Å². The largest absolute Gasteiger partial charge is 0.352 e. The van der Waals surface area contributed by atoms with Crippen molar-refractivity contribution >= 4 is 11.5 Å². The summed E-state index contributed by atoms with van der Waals surface area (Å²) >= 11 is 0. The summed E-state index contributed by atoms with van der Waals surface area (Å²) in [7, 11) is 0. The Hall–Kier alpha value is -3.49. The second-order valence-corrected chi connectivity index (χ2v) is 7.77. The van der Waals surface area contributed by atoms with Crippen LogP contribution in [0.15, 0.2) is 57.3 Å². The molecule has 0 aliphatic rings. The first kappa shape index (κ1) is 23.2. The first-order valence-corrected chi connectivity index (χ1v) is 10.9. The van der Waals surface area contributed by atoms with E-state index in [0.717, 1.165) is 15.8 Å². The molecule has 170 valence electrons. The molecular weight excluding hydrogens is 408 g/mol. The molecule has 3 aromatic rings. The molecule has 2 aromatic heterocycles. The predicted octanol–water partition coefficient (Wildman–Crippen LogP) is 2.14. The Bertz CT molecular complexity index is 1210. The van der Waals surface area contributed by atoms with Gasteiger partial charge in [0, 0.05) is 25.0 Å². The molecule has 1 unspecified atom stereocenters. The van der Waals surface area contributed by atoms with Crippen molar-refractivity contribution in [1.82, 2.24) is 23.7 Å². The molecule has 0 fully saturated rings. The van der Waals surface area contributed by atoms with E-state index in [1.807, 2.05) is 51.1 Å². The number of Topliss-reactive ketones (excluding diaryl/α,β-unsaturated/α-hetero) is 1. The quantitative estimate of drug-likeness (QED) is 0.453. The molecule has 0 saturated carbocycles. The number of ketones is 1. The first-order valence-electron chi connectivity index (χ1n) is 10.9. The van der Waals surface area contributed by atoms with Gasteiger partial charge < -0.3 is 0 Å². The lowest BCUT2D eigenvalue weighted by molar-refractivity contribution is -0.119. The standard InChI is InChI=1S/C23H30N6O3/c1-5-12-27-22(31)29(23(32)28(27)14-19-10-8-7-9-11-19)20-13-25-26(15-20)16-21(18(4)30)17(3)24-6-2/h7-11,13,15,21H,5-6,12,14,16H2,1-4H3. The molecule has 0 bridgehead atoms. The minimum atomic E-state index is -0.418. The molecule has 1 atom stereocenters. The average Bonchev–Trinajstić information content (AvgIpc) is 3.31. The van der Waals surface area contributed by atoms with E-state index in [2.05, 4.69) is 10.1 Å². The van der Waals surface area contributed by atoms with Crippen molar-refractivity contribution < 1.29 is 4.79 Å². The maximum atomic E-state index is 13.2. The highest BCUT2D eigenvalue weighted by molar-refractivity contribution is 6.02. The monoisotopic (exact) mass is 438 g/mol. The predicted molar refractivity (Wildman–Crippen MR) is 124 cm³/mol. The van der Waals surface area contributed by atoms with Crippen molar-refractivity contribution in [3.63, 3.8) is 0 Å². The normalized spacial score (nSPS) is 12.8. The summed E-state index contributed by atoms with van der Waals surface area (Å²) in [5, 5.41) is 4.30. The number of hydrogen-bond donors (Lipinski definition) is 0. The fraction of sp³-hybridized carbons (Fsp3) is 0.435. The number of nitrogens with zero attached hydrogens (tertiary/aromatic N) is 6. The van der Waals surface area contributed by atoms with Crippen molar-refractivity contribution in [3.05, 3.63) is 69.3 Å². The maximum absolute atomic E-state index is 13.2. The zero-order valence-electron chi connectivity index (χ0n) is 19.1. The van der Waals surface area contributed by atoms with E-state index >= 15 is 0 Å². The van der Waals surface area contributed by atoms with Gasteiger partial charge in [0.25, 0.3) is 0 Å². The summed E-state index contributed by atoms with van der Waals surface area (Å²) in [6.45, 7) is 8.87. The number of rotatable bonds is 10. The lowest BCUT2D eigenvalue weighted by Crippen LogP contribution is -2.27. The van der Waals surface area contributed by atoms with Gasteiger partial charge in [0.05, 0.1) is 30.9 Å². The van der Waals surface area contributed by atoms with Crippen LogP contribution in [0.3, 0.4) is 0 Å². The number of aliphatic imine (C=N–C) groups is 1. The zero-order chi connectivity index (χ0) is 23.3. The van der Waals surface area contributed by atoms with Crippen molar-refractivity contribution in [2.75, 3.05) is 6.54 Å². The van der Waals surface area contributed by atoms with Crippen LogP contribution in [0.1, 0.15) is 39.7 Å². The van der Waals surface area contributed by atoms with Gasteiger partial charge in [0.2, 0.25) is 0 Å². The maximum Gasteiger partial charge on any atom is 0.352 e. The van der Waals surface area contributed by atoms with Crippen LogP contribution in [0.4, 0.5) is 0 Å². The molecule has 0 aliphatic heterocycles. The molecule has 0 N–H and O–H groups in total. The van der Waals surface area contributed by atoms with Gasteiger partial charge in [0.15, 0.2) is 0 Å². The summed E-state index contributed by atoms with van der Waals surface area (Å²) in [6.07, 6.45) is 3.82. The third kappa shape index (κ3) is 4.87. The highest BCUT2D eigenvalue weighted by Crippen LogP contribution is 2.09. The highest BCUT2D eigenvalue weighted by Gasteiger charge is 2.21. The Morgan fingerprint density at radius 1 is 1.06 bits per heavy atom. The molecule has 3 rings (SSSR count). The fourth-order valence-corrected chi connectivity index (χ4v) is 3.75. The summed E-state index contributed by atoms with van der Waals surface area (Å²) in [4.78, 5) is 42.8. The molecule has 9 nitrogen and oxygen atoms in total. The van der Waals surface area contributed by atoms with Crippen LogP contribution in [-0.4, -0.2) is 41.8 Å². The fourth-order valence-electron chi connectivity index (χ4n) is 3.75. The summed E-state index contributed by atoms with van der Waals surface area (Å²) < 4.78 is 5.66. The van der Waals surface area contributed by atoms with E-state index in [0.29, 0.717) is 38.3 Å². The molecule has 1 aromatic carbocycles. The molecule has 9 heteroatoms. The number of carbonyl (C=O) groups excluding carboxylic acids is 1. The van der Waals surface area contributed by atoms with Crippen LogP contribution in [0.5, 0.6) is 0 Å². The molecule has 0 aliphatic carbocycles. The van der Waals surface area contributed by atoms with Crippen LogP contribution < -0.4 is 11.4 Å². The van der Waals surface area contributed by atoms with Crippen LogP contribution in [0.2, 0.25) is 0 Å². The van der Waals surface area contributed by atoms with Crippen LogP contribution in [0.25, 0.3) is 5.69 Å². The lowest BCUT2D eigenvalue weighted by atomic mass is 10.0. The van der Waals surface area contributed by atoms with E-state index < -0.39 is 17.3 Å². The van der Waals surface area contributed by atoms with Crippen LogP contribution in [-0.2, 0) is 24.4 Å². The van der Waals surface area contributed by atoms with E-state index in [1.54, 1.807) is 10.9 Å². The van der Waals surface area contributed by atoms with Gasteiger partial charge in [-0.3, -0.25) is 14.5 Å².